The topological polar surface area (TPSA) is 38.1 Å². The predicted octanol–water partition coefficient (Wildman–Crippen LogP) is 3.21. The first-order valence-electron chi connectivity index (χ1n) is 6.60. The highest BCUT2D eigenvalue weighted by molar-refractivity contribution is 7.07. The van der Waals surface area contributed by atoms with Crippen LogP contribution in [0.15, 0.2) is 59.6 Å². The zero-order valence-corrected chi connectivity index (χ0v) is 12.5. The van der Waals surface area contributed by atoms with E-state index in [1.807, 2.05) is 41.8 Å². The van der Waals surface area contributed by atoms with Crippen LogP contribution in [-0.4, -0.2) is 27.6 Å². The van der Waals surface area contributed by atoms with Gasteiger partial charge in [-0.05, 0) is 34.5 Å². The molecule has 0 N–H and O–H groups in total. The predicted molar refractivity (Wildman–Crippen MR) is 83.7 cm³/mol. The van der Waals surface area contributed by atoms with Crippen molar-refractivity contribution in [3.05, 3.63) is 70.7 Å². The number of para-hydroxylation sites is 1. The van der Waals surface area contributed by atoms with Gasteiger partial charge in [-0.3, -0.25) is 4.79 Å². The Balaban J connectivity index is 1.75. The van der Waals surface area contributed by atoms with Crippen molar-refractivity contribution >= 4 is 17.2 Å². The maximum atomic E-state index is 12.4. The van der Waals surface area contributed by atoms with Gasteiger partial charge < -0.3 is 4.90 Å². The van der Waals surface area contributed by atoms with Gasteiger partial charge in [0.05, 0.1) is 17.4 Å². The molecule has 1 aromatic carbocycles. The summed E-state index contributed by atoms with van der Waals surface area (Å²) in [4.78, 5) is 14.1. The Morgan fingerprint density at radius 3 is 2.81 bits per heavy atom. The van der Waals surface area contributed by atoms with Crippen molar-refractivity contribution in [3.8, 4) is 5.69 Å². The average Bonchev–Trinajstić information content (AvgIpc) is 3.18. The summed E-state index contributed by atoms with van der Waals surface area (Å²) in [5.41, 5.74) is 2.68. The first kappa shape index (κ1) is 13.6. The standard InChI is InChI=1S/C16H15N3OS/c1-18(10-13-7-8-21-12-13)16(20)14-9-17-19(11-14)15-5-3-2-4-6-15/h2-9,11-12H,10H2,1H3. The van der Waals surface area contributed by atoms with E-state index in [1.165, 1.54) is 0 Å². The second-order valence-electron chi connectivity index (χ2n) is 4.80. The van der Waals surface area contributed by atoms with Gasteiger partial charge in [0.1, 0.15) is 0 Å². The molecule has 0 spiro atoms. The highest BCUT2D eigenvalue weighted by Gasteiger charge is 2.14. The number of benzene rings is 1. The lowest BCUT2D eigenvalue weighted by Crippen LogP contribution is -2.25. The molecule has 2 aromatic heterocycles. The molecule has 0 aliphatic rings. The molecule has 0 bridgehead atoms. The van der Waals surface area contributed by atoms with Crippen LogP contribution in [0.25, 0.3) is 5.69 Å². The van der Waals surface area contributed by atoms with E-state index < -0.39 is 0 Å². The Morgan fingerprint density at radius 2 is 2.10 bits per heavy atom. The Morgan fingerprint density at radius 1 is 1.29 bits per heavy atom. The number of carbonyl (C=O) groups excluding carboxylic acids is 1. The summed E-state index contributed by atoms with van der Waals surface area (Å²) >= 11 is 1.64. The number of rotatable bonds is 4. The zero-order valence-electron chi connectivity index (χ0n) is 11.6. The maximum Gasteiger partial charge on any atom is 0.257 e. The third kappa shape index (κ3) is 3.03. The number of amides is 1. The Kier molecular flexibility index (Phi) is 3.83. The third-order valence-electron chi connectivity index (χ3n) is 3.20. The summed E-state index contributed by atoms with van der Waals surface area (Å²) in [5.74, 6) is -0.0246. The SMILES string of the molecule is CN(Cc1ccsc1)C(=O)c1cnn(-c2ccccc2)c1. The number of aromatic nitrogens is 2. The molecule has 5 heteroatoms. The normalized spacial score (nSPS) is 10.5. The Labute approximate surface area is 127 Å². The fraction of sp³-hybridized carbons (Fsp3) is 0.125. The maximum absolute atomic E-state index is 12.4. The Bertz CT molecular complexity index is 719. The van der Waals surface area contributed by atoms with Crippen LogP contribution < -0.4 is 0 Å². The lowest BCUT2D eigenvalue weighted by Gasteiger charge is -2.15. The van der Waals surface area contributed by atoms with Crippen molar-refractivity contribution in [2.75, 3.05) is 7.05 Å². The zero-order chi connectivity index (χ0) is 14.7. The molecule has 0 saturated heterocycles. The first-order chi connectivity index (χ1) is 10.2. The van der Waals surface area contributed by atoms with E-state index in [1.54, 1.807) is 40.4 Å². The molecule has 0 atom stereocenters. The molecule has 3 rings (SSSR count). The second kappa shape index (κ2) is 5.93. The first-order valence-corrected chi connectivity index (χ1v) is 7.55. The quantitative estimate of drug-likeness (QED) is 0.741. The van der Waals surface area contributed by atoms with Crippen LogP contribution in [0.4, 0.5) is 0 Å². The van der Waals surface area contributed by atoms with Crippen LogP contribution in [0, 0.1) is 0 Å². The average molecular weight is 297 g/mol. The van der Waals surface area contributed by atoms with Gasteiger partial charge in [-0.15, -0.1) is 0 Å². The van der Waals surface area contributed by atoms with E-state index >= 15 is 0 Å². The molecule has 0 unspecified atom stereocenters. The van der Waals surface area contributed by atoms with Crippen molar-refractivity contribution in [1.82, 2.24) is 14.7 Å². The lowest BCUT2D eigenvalue weighted by atomic mass is 10.2. The largest absolute Gasteiger partial charge is 0.337 e. The fourth-order valence-electron chi connectivity index (χ4n) is 2.10. The molecule has 106 valence electrons. The van der Waals surface area contributed by atoms with Gasteiger partial charge in [0.2, 0.25) is 0 Å². The molecule has 0 aliphatic carbocycles. The van der Waals surface area contributed by atoms with E-state index in [4.69, 9.17) is 0 Å². The van der Waals surface area contributed by atoms with Gasteiger partial charge in [-0.2, -0.15) is 16.4 Å². The molecule has 2 heterocycles. The van der Waals surface area contributed by atoms with Crippen LogP contribution >= 0.6 is 11.3 Å². The van der Waals surface area contributed by atoms with Gasteiger partial charge in [0, 0.05) is 19.8 Å². The smallest absolute Gasteiger partial charge is 0.257 e. The van der Waals surface area contributed by atoms with Gasteiger partial charge in [0.15, 0.2) is 0 Å². The molecule has 4 nitrogen and oxygen atoms in total. The van der Waals surface area contributed by atoms with E-state index in [2.05, 4.69) is 10.5 Å². The summed E-state index contributed by atoms with van der Waals surface area (Å²) in [6, 6.07) is 11.8. The van der Waals surface area contributed by atoms with Crippen molar-refractivity contribution in [2.24, 2.45) is 0 Å². The van der Waals surface area contributed by atoms with Crippen molar-refractivity contribution in [3.63, 3.8) is 0 Å². The van der Waals surface area contributed by atoms with E-state index in [0.29, 0.717) is 12.1 Å². The van der Waals surface area contributed by atoms with Crippen molar-refractivity contribution in [2.45, 2.75) is 6.54 Å². The number of carbonyl (C=O) groups is 1. The molecule has 0 radical (unpaired) electrons. The van der Waals surface area contributed by atoms with Gasteiger partial charge >= 0.3 is 0 Å². The van der Waals surface area contributed by atoms with E-state index in [9.17, 15) is 4.79 Å². The minimum atomic E-state index is -0.0246. The third-order valence-corrected chi connectivity index (χ3v) is 3.93. The van der Waals surface area contributed by atoms with Gasteiger partial charge in [0.25, 0.3) is 5.91 Å². The summed E-state index contributed by atoms with van der Waals surface area (Å²) < 4.78 is 1.71. The van der Waals surface area contributed by atoms with Crippen LogP contribution in [0.2, 0.25) is 0 Å². The summed E-state index contributed by atoms with van der Waals surface area (Å²) in [7, 11) is 1.81. The van der Waals surface area contributed by atoms with Crippen LogP contribution in [0.5, 0.6) is 0 Å². The summed E-state index contributed by atoms with van der Waals surface area (Å²) in [6.07, 6.45) is 3.38. The van der Waals surface area contributed by atoms with E-state index in [0.717, 1.165) is 11.3 Å². The molecule has 0 aliphatic heterocycles. The molecule has 1 amide bonds. The van der Waals surface area contributed by atoms with Crippen LogP contribution in [0.3, 0.4) is 0 Å². The molecule has 21 heavy (non-hydrogen) atoms. The van der Waals surface area contributed by atoms with Gasteiger partial charge in [-0.25, -0.2) is 4.68 Å². The molecule has 0 fully saturated rings. The van der Waals surface area contributed by atoms with Gasteiger partial charge in [-0.1, -0.05) is 18.2 Å². The number of thiophene rings is 1. The van der Waals surface area contributed by atoms with Crippen LogP contribution in [0.1, 0.15) is 15.9 Å². The Hall–Kier alpha value is -2.40. The highest BCUT2D eigenvalue weighted by Crippen LogP contribution is 2.12. The fourth-order valence-corrected chi connectivity index (χ4v) is 2.76. The van der Waals surface area contributed by atoms with Crippen molar-refractivity contribution in [1.29, 1.82) is 0 Å². The minimum Gasteiger partial charge on any atom is -0.337 e. The molecule has 3 aromatic rings. The number of hydrogen-bond donors (Lipinski definition) is 0. The van der Waals surface area contributed by atoms with E-state index in [-0.39, 0.29) is 5.91 Å². The number of nitrogens with zero attached hydrogens (tertiary/aromatic N) is 3. The number of hydrogen-bond acceptors (Lipinski definition) is 3. The summed E-state index contributed by atoms with van der Waals surface area (Å²) in [5, 5.41) is 8.33. The summed E-state index contributed by atoms with van der Waals surface area (Å²) in [6.45, 7) is 0.610. The molecular weight excluding hydrogens is 282 g/mol. The van der Waals surface area contributed by atoms with Crippen LogP contribution in [-0.2, 0) is 6.54 Å². The van der Waals surface area contributed by atoms with Crippen molar-refractivity contribution < 1.29 is 4.79 Å². The highest BCUT2D eigenvalue weighted by atomic mass is 32.1. The second-order valence-corrected chi connectivity index (χ2v) is 5.58. The molecular formula is C16H15N3OS. The lowest BCUT2D eigenvalue weighted by molar-refractivity contribution is 0.0785. The molecule has 0 saturated carbocycles. The minimum absolute atomic E-state index is 0.0246. The monoisotopic (exact) mass is 297 g/mol.